The Morgan fingerprint density at radius 2 is 1.23 bits per heavy atom. The van der Waals surface area contributed by atoms with Crippen molar-refractivity contribution in [2.24, 2.45) is 0 Å². The monoisotopic (exact) mass is 244 g/mol. The minimum Gasteiger partial charge on any atom is -1.00 e. The van der Waals surface area contributed by atoms with Crippen LogP contribution in [-0.2, 0) is 15.2 Å². The van der Waals surface area contributed by atoms with Crippen LogP contribution in [0.15, 0.2) is 0 Å². The molecule has 11 heteroatoms. The van der Waals surface area contributed by atoms with E-state index in [9.17, 15) is 0 Å². The average molecular weight is 244 g/mol. The SMILES string of the molecule is CC(=O)O.O.O.O=S(=O)(O)O.[Ca+2].[H-].[H-].[H-].[Li+]. The molecule has 8 nitrogen and oxygen atoms in total. The fourth-order valence-corrected chi connectivity index (χ4v) is 0. The van der Waals surface area contributed by atoms with E-state index < -0.39 is 16.4 Å². The minimum absolute atomic E-state index is 0. The zero-order valence-electron chi connectivity index (χ0n) is 10.2. The van der Waals surface area contributed by atoms with Crippen LogP contribution in [0.1, 0.15) is 11.2 Å². The Hall–Kier alpha value is 1.12. The summed E-state index contributed by atoms with van der Waals surface area (Å²) in [6.07, 6.45) is 0. The first-order chi connectivity index (χ1) is 3.73. The second kappa shape index (κ2) is 18.8. The standard InChI is InChI=1S/C2H4O2.Ca.Li.H2O4S.2H2O.3H/c1-2(3)4;;;1-5(2,3)4;;;;;/h1H3,(H,3,4);;;(H2,1,2,3,4);2*1H2;;;/q;+2;+1;;;;3*-1. The summed E-state index contributed by atoms with van der Waals surface area (Å²) in [6, 6.07) is 0. The molecule has 0 radical (unpaired) electrons. The van der Waals surface area contributed by atoms with E-state index in [-0.39, 0.29) is 71.8 Å². The maximum Gasteiger partial charge on any atom is 2.00 e. The number of rotatable bonds is 0. The van der Waals surface area contributed by atoms with E-state index in [1.165, 1.54) is 0 Å². The number of aliphatic carboxylic acids is 1. The third kappa shape index (κ3) is 1300. The summed E-state index contributed by atoms with van der Waals surface area (Å²) in [5.74, 6) is -0.833. The Balaban J connectivity index is -0.00000000614. The first kappa shape index (κ1) is 36.9. The van der Waals surface area contributed by atoms with E-state index in [2.05, 4.69) is 0 Å². The molecule has 13 heavy (non-hydrogen) atoms. The number of carbonyl (C=O) groups is 1. The topological polar surface area (TPSA) is 175 Å². The molecule has 0 aliphatic carbocycles. The van der Waals surface area contributed by atoms with Crippen LogP contribution in [0.4, 0.5) is 0 Å². The molecule has 0 heterocycles. The summed E-state index contributed by atoms with van der Waals surface area (Å²) in [5.41, 5.74) is 0. The number of hydrogen-bond donors (Lipinski definition) is 3. The average Bonchev–Trinajstić information content (AvgIpc) is 1.19. The van der Waals surface area contributed by atoms with Crippen molar-refractivity contribution < 1.29 is 61.5 Å². The van der Waals surface area contributed by atoms with Crippen molar-refractivity contribution in [1.29, 1.82) is 0 Å². The fourth-order valence-electron chi connectivity index (χ4n) is 0. The Kier molecular flexibility index (Phi) is 53.4. The van der Waals surface area contributed by atoms with Gasteiger partial charge in [0.15, 0.2) is 0 Å². The summed E-state index contributed by atoms with van der Waals surface area (Å²) >= 11 is 0. The molecule has 0 amide bonds. The maximum absolute atomic E-state index is 9.00. The quantitative estimate of drug-likeness (QED) is 0.283. The first-order valence-corrected chi connectivity index (χ1v) is 3.02. The third-order valence-corrected chi connectivity index (χ3v) is 0. The Morgan fingerprint density at radius 3 is 1.23 bits per heavy atom. The molecule has 0 fully saturated rings. The molecule has 0 aromatic heterocycles. The predicted octanol–water partition coefficient (Wildman–Crippen LogP) is -5.25. The van der Waals surface area contributed by atoms with Gasteiger partial charge in [-0.3, -0.25) is 13.9 Å². The van der Waals surface area contributed by atoms with E-state index in [4.69, 9.17) is 27.4 Å². The molecule has 0 rings (SSSR count). The van der Waals surface area contributed by atoms with Crippen LogP contribution in [0.3, 0.4) is 0 Å². The summed E-state index contributed by atoms with van der Waals surface area (Å²) in [7, 11) is -4.67. The molecule has 0 aliphatic heterocycles. The first-order valence-electron chi connectivity index (χ1n) is 1.63. The second-order valence-corrected chi connectivity index (χ2v) is 1.86. The van der Waals surface area contributed by atoms with Gasteiger partial charge in [0.2, 0.25) is 0 Å². The van der Waals surface area contributed by atoms with Gasteiger partial charge < -0.3 is 20.3 Å². The van der Waals surface area contributed by atoms with Gasteiger partial charge in [0.1, 0.15) is 0 Å². The minimum atomic E-state index is -4.67. The normalized spacial score (nSPS) is 6.38. The van der Waals surface area contributed by atoms with Crippen molar-refractivity contribution in [2.45, 2.75) is 6.92 Å². The van der Waals surface area contributed by atoms with Crippen molar-refractivity contribution in [3.8, 4) is 0 Å². The van der Waals surface area contributed by atoms with Crippen molar-refractivity contribution in [3.05, 3.63) is 0 Å². The summed E-state index contributed by atoms with van der Waals surface area (Å²) in [6.45, 7) is 1.08. The molecule has 0 saturated heterocycles. The molecule has 0 aromatic rings. The van der Waals surface area contributed by atoms with Gasteiger partial charge in [-0.2, -0.15) is 8.42 Å². The van der Waals surface area contributed by atoms with E-state index in [0.29, 0.717) is 0 Å². The van der Waals surface area contributed by atoms with E-state index in [1.807, 2.05) is 0 Å². The van der Waals surface area contributed by atoms with Gasteiger partial charge in [-0.05, 0) is 0 Å². The Bertz CT molecular complexity index is 176. The Morgan fingerprint density at radius 1 is 1.23 bits per heavy atom. The van der Waals surface area contributed by atoms with Crippen LogP contribution in [-0.4, -0.2) is 77.3 Å². The second-order valence-electron chi connectivity index (χ2n) is 0.967. The van der Waals surface area contributed by atoms with Crippen molar-refractivity contribution in [3.63, 3.8) is 0 Å². The molecule has 0 atom stereocenters. The van der Waals surface area contributed by atoms with Crippen LogP contribution in [0, 0.1) is 0 Å². The zero-order valence-corrected chi connectivity index (χ0v) is 10.2. The third-order valence-electron chi connectivity index (χ3n) is 0. The maximum atomic E-state index is 9.00. The molecule has 0 unspecified atom stereocenters. The van der Waals surface area contributed by atoms with Crippen molar-refractivity contribution in [2.75, 3.05) is 0 Å². The zero-order chi connectivity index (χ0) is 8.08. The van der Waals surface area contributed by atoms with Crippen LogP contribution in [0.5, 0.6) is 0 Å². The van der Waals surface area contributed by atoms with Gasteiger partial charge in [0.25, 0.3) is 5.97 Å². The molecule has 7 N–H and O–H groups in total. The van der Waals surface area contributed by atoms with E-state index in [1.54, 1.807) is 0 Å². The van der Waals surface area contributed by atoms with E-state index >= 15 is 0 Å². The van der Waals surface area contributed by atoms with Crippen molar-refractivity contribution >= 4 is 54.1 Å². The van der Waals surface area contributed by atoms with Gasteiger partial charge in [-0.1, -0.05) is 0 Å². The fraction of sp³-hybridized carbons (Fsp3) is 0.500. The van der Waals surface area contributed by atoms with Crippen LogP contribution in [0.25, 0.3) is 0 Å². The smallest absolute Gasteiger partial charge is 1.00 e. The number of carboxylic acids is 1. The van der Waals surface area contributed by atoms with Gasteiger partial charge in [-0.15, -0.1) is 0 Å². The van der Waals surface area contributed by atoms with Gasteiger partial charge in [-0.25, -0.2) is 0 Å². The van der Waals surface area contributed by atoms with Crippen LogP contribution < -0.4 is 18.9 Å². The molecular weight excluding hydrogens is 231 g/mol. The van der Waals surface area contributed by atoms with Crippen LogP contribution >= 0.6 is 0 Å². The number of hydrogen-bond acceptors (Lipinski definition) is 3. The molecule has 0 saturated carbocycles. The molecule has 0 spiro atoms. The summed E-state index contributed by atoms with van der Waals surface area (Å²) < 4.78 is 31.6. The molecule has 78 valence electrons. The molecular formula is C2H13CaLiO8S. The van der Waals surface area contributed by atoms with Gasteiger partial charge >= 0.3 is 67.0 Å². The number of carboxylic acid groups (broad SMARTS) is 1. The molecule has 0 bridgehead atoms. The summed E-state index contributed by atoms with van der Waals surface area (Å²) in [4.78, 5) is 9.00. The predicted molar refractivity (Wildman–Crippen MR) is 43.8 cm³/mol. The Labute approximate surface area is 122 Å². The largest absolute Gasteiger partial charge is 2.00 e. The molecule has 0 aromatic carbocycles. The van der Waals surface area contributed by atoms with E-state index in [0.717, 1.165) is 6.92 Å². The van der Waals surface area contributed by atoms with Gasteiger partial charge in [0.05, 0.1) is 0 Å². The molecule has 0 aliphatic rings. The van der Waals surface area contributed by atoms with Crippen LogP contribution in [0.2, 0.25) is 0 Å². The van der Waals surface area contributed by atoms with Gasteiger partial charge in [0, 0.05) is 6.92 Å². The van der Waals surface area contributed by atoms with Crippen molar-refractivity contribution in [1.82, 2.24) is 0 Å². The summed E-state index contributed by atoms with van der Waals surface area (Å²) in [5, 5.41) is 7.42.